The highest BCUT2D eigenvalue weighted by atomic mass is 32.2. The number of hydrogen-bond donors (Lipinski definition) is 2. The molecule has 0 saturated heterocycles. The Kier molecular flexibility index (Phi) is 4.16. The number of amides is 1. The van der Waals surface area contributed by atoms with Crippen molar-refractivity contribution >= 4 is 15.9 Å². The van der Waals surface area contributed by atoms with Gasteiger partial charge in [0.05, 0.1) is 4.90 Å². The number of carbonyl (C=O) groups is 1. The van der Waals surface area contributed by atoms with Crippen molar-refractivity contribution in [2.45, 2.75) is 11.4 Å². The number of sulfonamides is 1. The zero-order valence-corrected chi connectivity index (χ0v) is 11.4. The van der Waals surface area contributed by atoms with Crippen LogP contribution < -0.4 is 10.5 Å². The van der Waals surface area contributed by atoms with Crippen molar-refractivity contribution in [3.63, 3.8) is 0 Å². The molecule has 20 heavy (non-hydrogen) atoms. The van der Waals surface area contributed by atoms with Crippen LogP contribution in [-0.2, 0) is 16.6 Å². The maximum Gasteiger partial charge on any atom is 0.251 e. The molecule has 3 N–H and O–H groups in total. The van der Waals surface area contributed by atoms with Crippen LogP contribution in [-0.4, -0.2) is 14.3 Å². The second-order valence-electron chi connectivity index (χ2n) is 4.24. The minimum absolute atomic E-state index is 0.0788. The van der Waals surface area contributed by atoms with Crippen molar-refractivity contribution in [1.82, 2.24) is 5.32 Å². The van der Waals surface area contributed by atoms with E-state index >= 15 is 0 Å². The fraction of sp³-hybridized carbons (Fsp3) is 0.0714. The summed E-state index contributed by atoms with van der Waals surface area (Å²) in [5.74, 6) is -0.348. The molecule has 5 nitrogen and oxygen atoms in total. The molecule has 0 aromatic heterocycles. The highest BCUT2D eigenvalue weighted by Crippen LogP contribution is 2.10. The summed E-state index contributed by atoms with van der Waals surface area (Å²) < 4.78 is 22.5. The number of nitrogens with one attached hydrogen (secondary N) is 1. The molecule has 2 aromatic rings. The third kappa shape index (κ3) is 3.66. The molecule has 0 aliphatic rings. The van der Waals surface area contributed by atoms with Crippen LogP contribution in [0, 0.1) is 0 Å². The lowest BCUT2D eigenvalue weighted by atomic mass is 10.2. The van der Waals surface area contributed by atoms with Gasteiger partial charge in [-0.05, 0) is 23.8 Å². The third-order valence-electron chi connectivity index (χ3n) is 2.72. The van der Waals surface area contributed by atoms with Crippen molar-refractivity contribution in [2.75, 3.05) is 0 Å². The zero-order valence-electron chi connectivity index (χ0n) is 10.6. The van der Waals surface area contributed by atoms with Gasteiger partial charge in [0.15, 0.2) is 0 Å². The first kappa shape index (κ1) is 14.2. The Hall–Kier alpha value is -2.18. The summed E-state index contributed by atoms with van der Waals surface area (Å²) in [5.41, 5.74) is 1.22. The van der Waals surface area contributed by atoms with Gasteiger partial charge in [0.2, 0.25) is 10.0 Å². The minimum Gasteiger partial charge on any atom is -0.348 e. The minimum atomic E-state index is -3.81. The molecule has 0 radical (unpaired) electrons. The molecule has 0 aliphatic heterocycles. The molecular formula is C14H14N2O3S. The van der Waals surface area contributed by atoms with Crippen molar-refractivity contribution in [2.24, 2.45) is 5.14 Å². The molecule has 0 bridgehead atoms. The largest absolute Gasteiger partial charge is 0.348 e. The maximum absolute atomic E-state index is 12.0. The summed E-state index contributed by atoms with van der Waals surface area (Å²) in [7, 11) is -3.81. The molecule has 0 heterocycles. The molecule has 0 fully saturated rings. The fourth-order valence-electron chi connectivity index (χ4n) is 1.69. The second kappa shape index (κ2) is 5.85. The zero-order chi connectivity index (χ0) is 14.6. The van der Waals surface area contributed by atoms with Crippen LogP contribution in [0.5, 0.6) is 0 Å². The molecular weight excluding hydrogens is 276 g/mol. The number of benzene rings is 2. The molecule has 0 atom stereocenters. The summed E-state index contributed by atoms with van der Waals surface area (Å²) in [4.78, 5) is 11.9. The van der Waals surface area contributed by atoms with Gasteiger partial charge in [0, 0.05) is 12.1 Å². The average molecular weight is 290 g/mol. The molecule has 2 aromatic carbocycles. The third-order valence-corrected chi connectivity index (χ3v) is 3.63. The number of carbonyl (C=O) groups excluding carboxylic acids is 1. The summed E-state index contributed by atoms with van der Waals surface area (Å²) in [5, 5.41) is 7.75. The van der Waals surface area contributed by atoms with Gasteiger partial charge in [-0.1, -0.05) is 36.4 Å². The van der Waals surface area contributed by atoms with Gasteiger partial charge in [-0.15, -0.1) is 0 Å². The van der Waals surface area contributed by atoms with E-state index in [1.807, 2.05) is 30.3 Å². The van der Waals surface area contributed by atoms with Gasteiger partial charge in [-0.25, -0.2) is 13.6 Å². The summed E-state index contributed by atoms with van der Waals surface area (Å²) >= 11 is 0. The van der Waals surface area contributed by atoms with E-state index in [1.165, 1.54) is 24.3 Å². The van der Waals surface area contributed by atoms with Gasteiger partial charge in [0.1, 0.15) is 0 Å². The highest BCUT2D eigenvalue weighted by molar-refractivity contribution is 7.89. The smallest absolute Gasteiger partial charge is 0.251 e. The number of primary sulfonamides is 1. The SMILES string of the molecule is NS(=O)(=O)c1cccc(C(=O)NCc2ccccc2)c1. The Morgan fingerprint density at radius 1 is 1.05 bits per heavy atom. The molecule has 6 heteroatoms. The maximum atomic E-state index is 12.0. The van der Waals surface area contributed by atoms with Gasteiger partial charge in [0.25, 0.3) is 5.91 Å². The Morgan fingerprint density at radius 3 is 2.40 bits per heavy atom. The Balaban J connectivity index is 2.10. The van der Waals surface area contributed by atoms with E-state index in [-0.39, 0.29) is 16.4 Å². The van der Waals surface area contributed by atoms with Crippen LogP contribution in [0.2, 0.25) is 0 Å². The van der Waals surface area contributed by atoms with Crippen LogP contribution in [0.25, 0.3) is 0 Å². The molecule has 104 valence electrons. The quantitative estimate of drug-likeness (QED) is 0.888. The topological polar surface area (TPSA) is 89.3 Å². The Bertz CT molecular complexity index is 712. The molecule has 1 amide bonds. The molecule has 0 saturated carbocycles. The molecule has 2 rings (SSSR count). The van der Waals surface area contributed by atoms with E-state index in [2.05, 4.69) is 5.32 Å². The lowest BCUT2D eigenvalue weighted by Crippen LogP contribution is -2.23. The molecule has 0 spiro atoms. The molecule has 0 aliphatic carbocycles. The van der Waals surface area contributed by atoms with Crippen molar-refractivity contribution < 1.29 is 13.2 Å². The standard InChI is InChI=1S/C14H14N2O3S/c15-20(18,19)13-8-4-7-12(9-13)14(17)16-10-11-5-2-1-3-6-11/h1-9H,10H2,(H,16,17)(H2,15,18,19). The predicted octanol–water partition coefficient (Wildman–Crippen LogP) is 1.26. The van der Waals surface area contributed by atoms with E-state index in [4.69, 9.17) is 5.14 Å². The average Bonchev–Trinajstić information content (AvgIpc) is 2.45. The van der Waals surface area contributed by atoms with Gasteiger partial charge in [-0.2, -0.15) is 0 Å². The van der Waals surface area contributed by atoms with Crippen molar-refractivity contribution in [3.05, 3.63) is 65.7 Å². The van der Waals surface area contributed by atoms with E-state index in [0.717, 1.165) is 5.56 Å². The monoisotopic (exact) mass is 290 g/mol. The predicted molar refractivity (Wildman–Crippen MR) is 75.4 cm³/mol. The summed E-state index contributed by atoms with van der Waals surface area (Å²) in [6.07, 6.45) is 0. The van der Waals surface area contributed by atoms with Gasteiger partial charge in [-0.3, -0.25) is 4.79 Å². The first-order valence-corrected chi connectivity index (χ1v) is 7.46. The van der Waals surface area contributed by atoms with Gasteiger partial charge < -0.3 is 5.32 Å². The Labute approximate surface area is 117 Å². The number of nitrogens with two attached hydrogens (primary N) is 1. The van der Waals surface area contributed by atoms with Crippen LogP contribution >= 0.6 is 0 Å². The molecule has 0 unspecified atom stereocenters. The first-order valence-electron chi connectivity index (χ1n) is 5.92. The van der Waals surface area contributed by atoms with Gasteiger partial charge >= 0.3 is 0 Å². The van der Waals surface area contributed by atoms with E-state index < -0.39 is 10.0 Å². The second-order valence-corrected chi connectivity index (χ2v) is 5.80. The lowest BCUT2D eigenvalue weighted by molar-refractivity contribution is 0.0950. The first-order chi connectivity index (χ1) is 9.47. The van der Waals surface area contributed by atoms with Crippen molar-refractivity contribution in [3.8, 4) is 0 Å². The summed E-state index contributed by atoms with van der Waals surface area (Å²) in [6.45, 7) is 0.374. The number of rotatable bonds is 4. The van der Waals surface area contributed by atoms with E-state index in [0.29, 0.717) is 6.54 Å². The van der Waals surface area contributed by atoms with Crippen LogP contribution in [0.4, 0.5) is 0 Å². The van der Waals surface area contributed by atoms with Crippen LogP contribution in [0.3, 0.4) is 0 Å². The van der Waals surface area contributed by atoms with Crippen molar-refractivity contribution in [1.29, 1.82) is 0 Å². The number of hydrogen-bond acceptors (Lipinski definition) is 3. The lowest BCUT2D eigenvalue weighted by Gasteiger charge is -2.06. The fourth-order valence-corrected chi connectivity index (χ4v) is 2.25. The van der Waals surface area contributed by atoms with Crippen LogP contribution in [0.1, 0.15) is 15.9 Å². The normalized spacial score (nSPS) is 11.1. The van der Waals surface area contributed by atoms with Crippen LogP contribution in [0.15, 0.2) is 59.5 Å². The Morgan fingerprint density at radius 2 is 1.75 bits per heavy atom. The highest BCUT2D eigenvalue weighted by Gasteiger charge is 2.11. The van der Waals surface area contributed by atoms with E-state index in [9.17, 15) is 13.2 Å². The summed E-state index contributed by atoms with van der Waals surface area (Å²) in [6, 6.07) is 15.1. The van der Waals surface area contributed by atoms with E-state index in [1.54, 1.807) is 0 Å².